The third-order valence-corrected chi connectivity index (χ3v) is 14.5. The van der Waals surface area contributed by atoms with Crippen LogP contribution in [0.25, 0.3) is 0 Å². The number of methoxy groups -OCH3 is 3. The van der Waals surface area contributed by atoms with Gasteiger partial charge in [0.2, 0.25) is 5.79 Å². The summed E-state index contributed by atoms with van der Waals surface area (Å²) in [5.41, 5.74) is 1.19. The smallest absolute Gasteiger partial charge is 0.329 e. The van der Waals surface area contributed by atoms with Crippen LogP contribution in [0.2, 0.25) is 0 Å². The van der Waals surface area contributed by atoms with Gasteiger partial charge in [-0.25, -0.2) is 4.79 Å². The second-order valence-corrected chi connectivity index (χ2v) is 19.6. The van der Waals surface area contributed by atoms with E-state index in [9.17, 15) is 39.3 Å². The summed E-state index contributed by atoms with van der Waals surface area (Å²) < 4.78 is 29.4. The predicted octanol–water partition coefficient (Wildman–Crippen LogP) is 6.18. The van der Waals surface area contributed by atoms with Crippen molar-refractivity contribution < 1.29 is 63.0 Å². The molecule has 15 atom stereocenters. The molecule has 0 aromatic carbocycles. The lowest BCUT2D eigenvalue weighted by atomic mass is 9.78. The molecule has 4 aliphatic rings. The first-order valence-electron chi connectivity index (χ1n) is 23.9. The van der Waals surface area contributed by atoms with Crippen LogP contribution in [-0.4, -0.2) is 132 Å². The largest absolute Gasteiger partial charge is 0.460 e. The standard InChI is InChI=1S/C51H79NO13/c1-30-16-12-11-13-17-31(2)42(61-8)28-38-21-19-36(7)51(60,65-38)48(57)49(58)52-23-15-14-18-39(52)50(59)64-43(33(4)26-37-20-22-40(53)44(27-37)62-9)29-41(54)32(3)25-35(6)46(56)47(63-10)45(55)34(5)24-30/h11-13,16-17,25,30,33-40,42-44,46-47,53,56,60H,14-15,18-24,26-29H2,1-10H3/t30-,33-,34-,35?,36-,37+,38+,39+,40?,42+,43?,44-,46-,47+,51-/m1/s1. The van der Waals surface area contributed by atoms with Crippen molar-refractivity contribution in [2.75, 3.05) is 27.9 Å². The minimum absolute atomic E-state index is 0.0220. The van der Waals surface area contributed by atoms with Crippen LogP contribution in [0.3, 0.4) is 0 Å². The first-order valence-corrected chi connectivity index (χ1v) is 23.9. The van der Waals surface area contributed by atoms with Gasteiger partial charge in [0.25, 0.3) is 11.7 Å². The number of allylic oxidation sites excluding steroid dienone is 6. The SMILES string of the molecule is CO[C@H]1C[C@@H]2CC[C@@H](C)[C@@](O)(O2)C(=O)C(=O)N2CCCC[C@H]2C(=O)OC([C@H](C)C[C@@H]2CCC(O)[C@H](OC)C2)CC(=O)C(C)=CC(C)[C@@H](O)[C@@H](OC)C(=O)[C@H](C)C[C@H](C)C=CC=CC=C1C. The third kappa shape index (κ3) is 14.3. The molecule has 2 bridgehead atoms. The average molecular weight is 914 g/mol. The number of esters is 1. The first-order chi connectivity index (χ1) is 30.7. The van der Waals surface area contributed by atoms with E-state index >= 15 is 0 Å². The second-order valence-electron chi connectivity index (χ2n) is 19.6. The summed E-state index contributed by atoms with van der Waals surface area (Å²) in [7, 11) is 4.53. The Morgan fingerprint density at radius 3 is 2.26 bits per heavy atom. The summed E-state index contributed by atoms with van der Waals surface area (Å²) >= 11 is 0. The Balaban J connectivity index is 1.70. The molecular formula is C51H79NO13. The van der Waals surface area contributed by atoms with Gasteiger partial charge < -0.3 is 43.9 Å². The number of aliphatic hydroxyl groups is 3. The molecule has 0 aromatic heterocycles. The number of nitrogens with zero attached hydrogens (tertiary/aromatic N) is 1. The maximum absolute atomic E-state index is 14.4. The Kier molecular flexibility index (Phi) is 21.0. The number of ether oxygens (including phenoxy) is 5. The van der Waals surface area contributed by atoms with Crippen molar-refractivity contribution >= 4 is 29.2 Å². The van der Waals surface area contributed by atoms with Crippen LogP contribution in [0.15, 0.2) is 47.6 Å². The van der Waals surface area contributed by atoms with Gasteiger partial charge in [-0.2, -0.15) is 0 Å². The van der Waals surface area contributed by atoms with E-state index in [0.29, 0.717) is 63.4 Å². The number of rotatable bonds is 6. The molecule has 3 unspecified atom stereocenters. The zero-order valence-electron chi connectivity index (χ0n) is 40.6. The number of ketones is 3. The molecule has 366 valence electrons. The Morgan fingerprint density at radius 2 is 1.58 bits per heavy atom. The van der Waals surface area contributed by atoms with E-state index in [-0.39, 0.29) is 54.8 Å². The van der Waals surface area contributed by atoms with Gasteiger partial charge in [-0.1, -0.05) is 71.1 Å². The molecule has 3 aliphatic heterocycles. The molecule has 14 nitrogen and oxygen atoms in total. The van der Waals surface area contributed by atoms with E-state index in [1.165, 1.54) is 12.0 Å². The van der Waals surface area contributed by atoms with Gasteiger partial charge in [-0.3, -0.25) is 19.2 Å². The van der Waals surface area contributed by atoms with E-state index in [1.807, 2.05) is 58.1 Å². The fourth-order valence-corrected chi connectivity index (χ4v) is 10.1. The molecule has 3 heterocycles. The van der Waals surface area contributed by atoms with Crippen molar-refractivity contribution in [2.45, 2.75) is 180 Å². The highest BCUT2D eigenvalue weighted by Crippen LogP contribution is 2.38. The molecule has 0 aromatic rings. The van der Waals surface area contributed by atoms with E-state index in [0.717, 1.165) is 12.0 Å². The molecule has 1 saturated carbocycles. The number of aliphatic hydroxyl groups excluding tert-OH is 2. The topological polar surface area (TPSA) is 195 Å². The molecule has 4 rings (SSSR count). The van der Waals surface area contributed by atoms with Gasteiger partial charge in [0, 0.05) is 58.5 Å². The number of hydrogen-bond acceptors (Lipinski definition) is 13. The minimum Gasteiger partial charge on any atom is -0.460 e. The van der Waals surface area contributed by atoms with Gasteiger partial charge in [0.1, 0.15) is 18.2 Å². The molecule has 3 N–H and O–H groups in total. The van der Waals surface area contributed by atoms with Crippen molar-refractivity contribution in [3.05, 3.63) is 47.6 Å². The van der Waals surface area contributed by atoms with Gasteiger partial charge in [0.15, 0.2) is 11.6 Å². The van der Waals surface area contributed by atoms with Crippen LogP contribution in [-0.2, 0) is 47.7 Å². The van der Waals surface area contributed by atoms with Gasteiger partial charge in [-0.15, -0.1) is 0 Å². The summed E-state index contributed by atoms with van der Waals surface area (Å²) in [5.74, 6) is -7.93. The number of piperidine rings is 1. The lowest BCUT2D eigenvalue weighted by Crippen LogP contribution is -2.61. The van der Waals surface area contributed by atoms with Gasteiger partial charge >= 0.3 is 5.97 Å². The van der Waals surface area contributed by atoms with Crippen LogP contribution >= 0.6 is 0 Å². The van der Waals surface area contributed by atoms with Crippen LogP contribution < -0.4 is 0 Å². The van der Waals surface area contributed by atoms with Crippen LogP contribution in [0.4, 0.5) is 0 Å². The molecule has 0 radical (unpaired) electrons. The summed E-state index contributed by atoms with van der Waals surface area (Å²) in [6.07, 6.45) is 11.2. The van der Waals surface area contributed by atoms with E-state index < -0.39 is 83.9 Å². The maximum Gasteiger partial charge on any atom is 0.329 e. The summed E-state index contributed by atoms with van der Waals surface area (Å²) in [6, 6.07) is -1.14. The number of carbonyl (C=O) groups is 5. The summed E-state index contributed by atoms with van der Waals surface area (Å²) in [6.45, 7) is 12.7. The Bertz CT molecular complexity index is 1760. The van der Waals surface area contributed by atoms with Gasteiger partial charge in [0.05, 0.1) is 30.5 Å². The molecule has 2 saturated heterocycles. The van der Waals surface area contributed by atoms with E-state index in [1.54, 1.807) is 41.1 Å². The van der Waals surface area contributed by atoms with Crippen LogP contribution in [0, 0.1) is 35.5 Å². The molecule has 14 heteroatoms. The first kappa shape index (κ1) is 54.2. The lowest BCUT2D eigenvalue weighted by molar-refractivity contribution is -0.265. The van der Waals surface area contributed by atoms with Crippen molar-refractivity contribution in [1.82, 2.24) is 4.90 Å². The molecular weight excluding hydrogens is 835 g/mol. The molecule has 0 spiro atoms. The fourth-order valence-electron chi connectivity index (χ4n) is 10.1. The normalized spacial score (nSPS) is 37.8. The van der Waals surface area contributed by atoms with Crippen molar-refractivity contribution in [2.24, 2.45) is 35.5 Å². The average Bonchev–Trinajstić information content (AvgIpc) is 3.28. The summed E-state index contributed by atoms with van der Waals surface area (Å²) in [5, 5.41) is 33.9. The van der Waals surface area contributed by atoms with Crippen molar-refractivity contribution in [3.8, 4) is 0 Å². The van der Waals surface area contributed by atoms with E-state index in [2.05, 4.69) is 0 Å². The number of cyclic esters (lactones) is 1. The second kappa shape index (κ2) is 25.1. The Morgan fingerprint density at radius 1 is 0.862 bits per heavy atom. The Labute approximate surface area is 387 Å². The van der Waals surface area contributed by atoms with Crippen LogP contribution in [0.5, 0.6) is 0 Å². The highest BCUT2D eigenvalue weighted by molar-refractivity contribution is 6.39. The molecule has 1 aliphatic carbocycles. The van der Waals surface area contributed by atoms with Crippen molar-refractivity contribution in [1.29, 1.82) is 0 Å². The maximum atomic E-state index is 14.4. The number of amides is 1. The highest BCUT2D eigenvalue weighted by Gasteiger charge is 2.53. The highest BCUT2D eigenvalue weighted by atomic mass is 16.6. The number of Topliss-reactive ketones (excluding diaryl/α,β-unsaturated/α-hetero) is 3. The quantitative estimate of drug-likeness (QED) is 0.202. The molecule has 65 heavy (non-hydrogen) atoms. The summed E-state index contributed by atoms with van der Waals surface area (Å²) in [4.78, 5) is 71.7. The van der Waals surface area contributed by atoms with Crippen molar-refractivity contribution in [3.63, 3.8) is 0 Å². The predicted molar refractivity (Wildman–Crippen MR) is 245 cm³/mol. The number of carbonyl (C=O) groups excluding carboxylic acids is 5. The number of fused-ring (bicyclic) bond motifs is 3. The zero-order valence-corrected chi connectivity index (χ0v) is 40.6. The third-order valence-electron chi connectivity index (χ3n) is 14.5. The molecule has 1 amide bonds. The lowest BCUT2D eigenvalue weighted by Gasteiger charge is -2.42. The zero-order chi connectivity index (χ0) is 48.2. The Hall–Kier alpha value is -3.37. The van der Waals surface area contributed by atoms with E-state index in [4.69, 9.17) is 23.7 Å². The molecule has 3 fully saturated rings. The monoisotopic (exact) mass is 914 g/mol. The fraction of sp³-hybridized carbons (Fsp3) is 0.745. The van der Waals surface area contributed by atoms with Crippen LogP contribution in [0.1, 0.15) is 126 Å². The number of hydrogen-bond donors (Lipinski definition) is 3. The minimum atomic E-state index is -2.43. The van der Waals surface area contributed by atoms with Gasteiger partial charge in [-0.05, 0) is 107 Å².